The number of aryl methyl sites for hydroxylation is 1. The van der Waals surface area contributed by atoms with Crippen molar-refractivity contribution >= 4 is 50.6 Å². The molecule has 0 fully saturated rings. The summed E-state index contributed by atoms with van der Waals surface area (Å²) in [5.41, 5.74) is 4.47. The van der Waals surface area contributed by atoms with Gasteiger partial charge in [-0.25, -0.2) is 5.43 Å². The molecule has 29 heavy (non-hydrogen) atoms. The first-order chi connectivity index (χ1) is 13.9. The Morgan fingerprint density at radius 1 is 1.10 bits per heavy atom. The van der Waals surface area contributed by atoms with Crippen molar-refractivity contribution in [2.75, 3.05) is 5.32 Å². The Bertz CT molecular complexity index is 1140. The van der Waals surface area contributed by atoms with Gasteiger partial charge in [0.15, 0.2) is 0 Å². The van der Waals surface area contributed by atoms with Gasteiger partial charge in [0.05, 0.1) is 17.2 Å². The van der Waals surface area contributed by atoms with E-state index >= 15 is 0 Å². The molecule has 0 bridgehead atoms. The molecule has 3 aromatic rings. The molecule has 0 spiro atoms. The summed E-state index contributed by atoms with van der Waals surface area (Å²) in [4.78, 5) is 36.2. The Morgan fingerprint density at radius 3 is 2.59 bits per heavy atom. The monoisotopic (exact) mass is 455 g/mol. The van der Waals surface area contributed by atoms with E-state index in [0.717, 1.165) is 10.0 Å². The molecule has 0 aliphatic carbocycles. The van der Waals surface area contributed by atoms with E-state index in [2.05, 4.69) is 31.8 Å². The molecule has 2 aromatic carbocycles. The summed E-state index contributed by atoms with van der Waals surface area (Å²) >= 11 is 3.31. The van der Waals surface area contributed by atoms with E-state index in [0.29, 0.717) is 16.7 Å². The van der Waals surface area contributed by atoms with E-state index in [4.69, 9.17) is 4.42 Å². The third-order valence-electron chi connectivity index (χ3n) is 4.07. The lowest BCUT2D eigenvalue weighted by Gasteiger charge is -2.05. The first kappa shape index (κ1) is 20.5. The van der Waals surface area contributed by atoms with Gasteiger partial charge in [0.25, 0.3) is 0 Å². The third kappa shape index (κ3) is 5.61. The first-order valence-corrected chi connectivity index (χ1v) is 9.61. The molecule has 0 saturated heterocycles. The van der Waals surface area contributed by atoms with Crippen LogP contribution < -0.4 is 16.2 Å². The topological polar surface area (TPSA) is 101 Å². The van der Waals surface area contributed by atoms with Crippen molar-refractivity contribution in [1.82, 2.24) is 5.43 Å². The normalized spacial score (nSPS) is 11.0. The van der Waals surface area contributed by atoms with Crippen LogP contribution in [0, 0.1) is 6.92 Å². The highest BCUT2D eigenvalue weighted by molar-refractivity contribution is 9.10. The van der Waals surface area contributed by atoms with E-state index in [9.17, 15) is 14.4 Å². The van der Waals surface area contributed by atoms with Gasteiger partial charge in [0.2, 0.25) is 17.2 Å². The van der Waals surface area contributed by atoms with Crippen molar-refractivity contribution in [2.45, 2.75) is 19.8 Å². The molecular formula is C21H18BrN3O4. The minimum absolute atomic E-state index is 0.0152. The van der Waals surface area contributed by atoms with Gasteiger partial charge in [0.1, 0.15) is 11.8 Å². The van der Waals surface area contributed by atoms with E-state index in [-0.39, 0.29) is 29.7 Å². The van der Waals surface area contributed by atoms with Crippen LogP contribution in [-0.4, -0.2) is 18.0 Å². The number of hydrazone groups is 1. The van der Waals surface area contributed by atoms with Crippen LogP contribution in [0.25, 0.3) is 11.0 Å². The quantitative estimate of drug-likeness (QED) is 0.436. The molecule has 0 saturated carbocycles. The van der Waals surface area contributed by atoms with Gasteiger partial charge < -0.3 is 9.73 Å². The number of nitrogens with one attached hydrogen (secondary N) is 2. The number of halogens is 1. The second kappa shape index (κ2) is 9.29. The molecule has 0 aliphatic heterocycles. The van der Waals surface area contributed by atoms with Gasteiger partial charge in [-0.2, -0.15) is 5.10 Å². The highest BCUT2D eigenvalue weighted by Crippen LogP contribution is 2.17. The number of benzene rings is 2. The van der Waals surface area contributed by atoms with Crippen molar-refractivity contribution in [3.05, 3.63) is 74.6 Å². The first-order valence-electron chi connectivity index (χ1n) is 8.82. The van der Waals surface area contributed by atoms with Crippen LogP contribution in [0.3, 0.4) is 0 Å². The molecule has 7 nitrogen and oxygen atoms in total. The van der Waals surface area contributed by atoms with Crippen LogP contribution in [0.1, 0.15) is 24.0 Å². The lowest BCUT2D eigenvalue weighted by atomic mass is 10.2. The summed E-state index contributed by atoms with van der Waals surface area (Å²) < 4.78 is 6.15. The predicted molar refractivity (Wildman–Crippen MR) is 115 cm³/mol. The average Bonchev–Trinajstić information content (AvgIpc) is 2.70. The largest absolute Gasteiger partial charge is 0.463 e. The Hall–Kier alpha value is -3.26. The van der Waals surface area contributed by atoms with Gasteiger partial charge in [0, 0.05) is 23.0 Å². The standard InChI is InChI=1S/C21H18BrN3O4/c1-13-2-5-16(6-3-13)24-19(26)8-9-20(27)25-23-11-14-12-29-18-7-4-15(22)10-17(18)21(14)28/h2-7,10-12H,8-9H2,1H3,(H,24,26)(H,25,27). The Labute approximate surface area is 174 Å². The summed E-state index contributed by atoms with van der Waals surface area (Å²) in [6.45, 7) is 1.96. The van der Waals surface area contributed by atoms with Gasteiger partial charge in [-0.1, -0.05) is 33.6 Å². The molecule has 0 radical (unpaired) electrons. The molecule has 1 aromatic heterocycles. The number of amides is 2. The molecule has 0 unspecified atom stereocenters. The number of hydrogen-bond donors (Lipinski definition) is 2. The van der Waals surface area contributed by atoms with Crippen LogP contribution in [0.2, 0.25) is 0 Å². The van der Waals surface area contributed by atoms with Gasteiger partial charge in [-0.15, -0.1) is 0 Å². The zero-order chi connectivity index (χ0) is 20.8. The maximum atomic E-state index is 12.4. The van der Waals surface area contributed by atoms with Crippen molar-refractivity contribution in [3.8, 4) is 0 Å². The van der Waals surface area contributed by atoms with Crippen LogP contribution in [0.15, 0.2) is 67.5 Å². The third-order valence-corrected chi connectivity index (χ3v) is 4.56. The number of carbonyl (C=O) groups excluding carboxylic acids is 2. The summed E-state index contributed by atoms with van der Waals surface area (Å²) in [5.74, 6) is -0.707. The Kier molecular flexibility index (Phi) is 6.56. The number of hydrogen-bond acceptors (Lipinski definition) is 5. The predicted octanol–water partition coefficient (Wildman–Crippen LogP) is 3.73. The molecule has 8 heteroatoms. The van der Waals surface area contributed by atoms with Crippen LogP contribution in [0.4, 0.5) is 5.69 Å². The van der Waals surface area contributed by atoms with Gasteiger partial charge in [-0.3, -0.25) is 14.4 Å². The number of rotatable bonds is 6. The molecule has 148 valence electrons. The molecular weight excluding hydrogens is 438 g/mol. The summed E-state index contributed by atoms with van der Waals surface area (Å²) in [5, 5.41) is 6.90. The molecule has 2 amide bonds. The summed E-state index contributed by atoms with van der Waals surface area (Å²) in [6.07, 6.45) is 2.48. The number of nitrogens with zero attached hydrogens (tertiary/aromatic N) is 1. The van der Waals surface area contributed by atoms with Crippen molar-refractivity contribution in [2.24, 2.45) is 5.10 Å². The zero-order valence-corrected chi connectivity index (χ0v) is 17.2. The number of carbonyl (C=O) groups is 2. The van der Waals surface area contributed by atoms with Crippen LogP contribution in [0.5, 0.6) is 0 Å². The maximum absolute atomic E-state index is 12.4. The van der Waals surface area contributed by atoms with Gasteiger partial charge in [-0.05, 0) is 37.3 Å². The van der Waals surface area contributed by atoms with Crippen molar-refractivity contribution in [3.63, 3.8) is 0 Å². The van der Waals surface area contributed by atoms with E-state index < -0.39 is 5.91 Å². The fourth-order valence-corrected chi connectivity index (χ4v) is 2.89. The fraction of sp³-hybridized carbons (Fsp3) is 0.143. The molecule has 0 atom stereocenters. The molecule has 2 N–H and O–H groups in total. The van der Waals surface area contributed by atoms with Crippen molar-refractivity contribution < 1.29 is 14.0 Å². The highest BCUT2D eigenvalue weighted by Gasteiger charge is 2.08. The maximum Gasteiger partial charge on any atom is 0.240 e. The Morgan fingerprint density at radius 2 is 1.83 bits per heavy atom. The van der Waals surface area contributed by atoms with Crippen LogP contribution in [-0.2, 0) is 9.59 Å². The fourth-order valence-electron chi connectivity index (χ4n) is 2.52. The highest BCUT2D eigenvalue weighted by atomic mass is 79.9. The SMILES string of the molecule is Cc1ccc(NC(=O)CCC(=O)NN=Cc2coc3ccc(Br)cc3c2=O)cc1. The minimum Gasteiger partial charge on any atom is -0.463 e. The second-order valence-corrected chi connectivity index (χ2v) is 7.28. The number of anilines is 1. The number of fused-ring (bicyclic) bond motifs is 1. The second-order valence-electron chi connectivity index (χ2n) is 6.37. The van der Waals surface area contributed by atoms with Crippen molar-refractivity contribution in [1.29, 1.82) is 0 Å². The molecule has 0 aliphatic rings. The lowest BCUT2D eigenvalue weighted by molar-refractivity contribution is -0.124. The molecule has 1 heterocycles. The lowest BCUT2D eigenvalue weighted by Crippen LogP contribution is -2.21. The molecule has 3 rings (SSSR count). The smallest absolute Gasteiger partial charge is 0.240 e. The van der Waals surface area contributed by atoms with Crippen LogP contribution >= 0.6 is 15.9 Å². The summed E-state index contributed by atoms with van der Waals surface area (Å²) in [6, 6.07) is 12.5. The van der Waals surface area contributed by atoms with E-state index in [1.54, 1.807) is 30.3 Å². The zero-order valence-electron chi connectivity index (χ0n) is 15.6. The summed E-state index contributed by atoms with van der Waals surface area (Å²) in [7, 11) is 0. The minimum atomic E-state index is -0.437. The average molecular weight is 456 g/mol. The Balaban J connectivity index is 1.52. The van der Waals surface area contributed by atoms with Gasteiger partial charge >= 0.3 is 0 Å². The van der Waals surface area contributed by atoms with E-state index in [1.165, 1.54) is 12.5 Å². The van der Waals surface area contributed by atoms with E-state index in [1.807, 2.05) is 19.1 Å².